The van der Waals surface area contributed by atoms with Crippen LogP contribution >= 0.6 is 24.0 Å². The van der Waals surface area contributed by atoms with Gasteiger partial charge >= 0.3 is 6.18 Å². The van der Waals surface area contributed by atoms with Crippen LogP contribution < -0.4 is 10.6 Å². The number of nitrogens with zero attached hydrogens (tertiary/aromatic N) is 1. The van der Waals surface area contributed by atoms with Crippen LogP contribution in [-0.4, -0.2) is 35.0 Å². The number of anilines is 2. The highest BCUT2D eigenvalue weighted by Gasteiger charge is 2.35. The molecule has 0 bridgehead atoms. The van der Waals surface area contributed by atoms with Crippen molar-refractivity contribution in [3.63, 3.8) is 0 Å². The molecule has 4 aromatic rings. The normalized spacial score (nSPS) is 11.2. The topological polar surface area (TPSA) is 96.1 Å². The smallest absolute Gasteiger partial charge is 0.381 e. The van der Waals surface area contributed by atoms with E-state index in [-0.39, 0.29) is 23.7 Å². The van der Waals surface area contributed by atoms with E-state index in [0.717, 1.165) is 12.1 Å². The monoisotopic (exact) mass is 580 g/mol. The summed E-state index contributed by atoms with van der Waals surface area (Å²) < 4.78 is 45.8. The summed E-state index contributed by atoms with van der Waals surface area (Å²) in [5, 5.41) is 5.76. The average molecular weight is 581 g/mol. The Hall–Kier alpha value is -3.60. The van der Waals surface area contributed by atoms with Gasteiger partial charge in [-0.05, 0) is 55.8 Å². The van der Waals surface area contributed by atoms with Crippen LogP contribution in [0.2, 0.25) is 5.02 Å². The Bertz CT molecular complexity index is 1510. The quantitative estimate of drug-likeness (QED) is 0.194. The van der Waals surface area contributed by atoms with Gasteiger partial charge in [-0.25, -0.2) is 4.98 Å². The number of H-pyrrole nitrogens is 1. The van der Waals surface area contributed by atoms with E-state index in [1.807, 2.05) is 6.92 Å². The van der Waals surface area contributed by atoms with Gasteiger partial charge in [0, 0.05) is 29.4 Å². The number of rotatable bonds is 8. The third-order valence-corrected chi connectivity index (χ3v) is 6.23. The molecule has 0 unspecified atom stereocenters. The predicted molar refractivity (Wildman–Crippen MR) is 147 cm³/mol. The van der Waals surface area contributed by atoms with Crippen LogP contribution in [-0.2, 0) is 17.3 Å². The van der Waals surface area contributed by atoms with Crippen LogP contribution in [0.15, 0.2) is 54.6 Å². The van der Waals surface area contributed by atoms with Gasteiger partial charge in [0.05, 0.1) is 28.8 Å². The predicted octanol–water partition coefficient (Wildman–Crippen LogP) is 7.05. The Morgan fingerprint density at radius 2 is 1.74 bits per heavy atom. The van der Waals surface area contributed by atoms with Crippen molar-refractivity contribution in [2.75, 3.05) is 23.8 Å². The summed E-state index contributed by atoms with van der Waals surface area (Å²) in [6.07, 6.45) is -4.27. The number of benzene rings is 3. The number of aromatic amines is 1. The molecule has 0 fully saturated rings. The summed E-state index contributed by atoms with van der Waals surface area (Å²) >= 11 is 6.18. The number of halogens is 5. The first-order valence-electron chi connectivity index (χ1n) is 11.7. The fraction of sp³-hybridized carbons (Fsp3) is 0.222. The van der Waals surface area contributed by atoms with E-state index in [2.05, 4.69) is 20.6 Å². The van der Waals surface area contributed by atoms with Crippen LogP contribution in [0.4, 0.5) is 24.5 Å². The summed E-state index contributed by atoms with van der Waals surface area (Å²) in [4.78, 5) is 33.9. The van der Waals surface area contributed by atoms with Gasteiger partial charge in [0.15, 0.2) is 0 Å². The lowest BCUT2D eigenvalue weighted by atomic mass is 10.1. The molecular formula is C27H25Cl2F3N4O3. The second kappa shape index (κ2) is 12.5. The number of hydrogen-bond donors (Lipinski definition) is 3. The number of fused-ring (bicyclic) bond motifs is 1. The number of alkyl halides is 3. The van der Waals surface area contributed by atoms with Gasteiger partial charge in [-0.3, -0.25) is 9.59 Å². The standard InChI is InChI=1S/C27H24ClF3N4O3.ClH/c1-3-38-12-11-23-33-22-14-16(32-25(36)17-7-4-5-8-19(17)27(29,30)31)13-18(24(22)35-23)26(37)34-21-10-6-9-20(28)15(21)2;/h4-10,13-14H,3,11-12H2,1-2H3,(H,32,36)(H,33,35)(H,34,37);1H. The summed E-state index contributed by atoms with van der Waals surface area (Å²) in [6, 6.07) is 12.4. The zero-order valence-corrected chi connectivity index (χ0v) is 22.5. The minimum Gasteiger partial charge on any atom is -0.381 e. The van der Waals surface area contributed by atoms with E-state index in [1.165, 1.54) is 24.3 Å². The Kier molecular flexibility index (Phi) is 9.60. The molecule has 7 nitrogen and oxygen atoms in total. The number of ether oxygens (including phenoxy) is 1. The van der Waals surface area contributed by atoms with Gasteiger partial charge < -0.3 is 20.4 Å². The first-order valence-corrected chi connectivity index (χ1v) is 12.1. The summed E-state index contributed by atoms with van der Waals surface area (Å²) in [5.74, 6) is -0.951. The molecule has 0 saturated carbocycles. The van der Waals surface area contributed by atoms with Crippen molar-refractivity contribution in [1.29, 1.82) is 0 Å². The molecule has 206 valence electrons. The average Bonchev–Trinajstić information content (AvgIpc) is 3.28. The Morgan fingerprint density at radius 1 is 1.03 bits per heavy atom. The van der Waals surface area contributed by atoms with Crippen molar-refractivity contribution in [3.05, 3.63) is 87.7 Å². The Labute approximate surface area is 233 Å². The van der Waals surface area contributed by atoms with Crippen molar-refractivity contribution in [1.82, 2.24) is 9.97 Å². The van der Waals surface area contributed by atoms with Crippen LogP contribution in [0.1, 0.15) is 44.6 Å². The second-order valence-electron chi connectivity index (χ2n) is 8.41. The van der Waals surface area contributed by atoms with Crippen molar-refractivity contribution in [2.45, 2.75) is 26.4 Å². The van der Waals surface area contributed by atoms with Crippen LogP contribution in [0.3, 0.4) is 0 Å². The number of nitrogens with one attached hydrogen (secondary N) is 3. The molecule has 2 amide bonds. The Morgan fingerprint density at radius 3 is 2.46 bits per heavy atom. The van der Waals surface area contributed by atoms with E-state index in [4.69, 9.17) is 16.3 Å². The zero-order chi connectivity index (χ0) is 27.4. The number of amides is 2. The highest BCUT2D eigenvalue weighted by molar-refractivity contribution is 6.31. The molecule has 3 aromatic carbocycles. The SMILES string of the molecule is CCOCCc1nc2c(C(=O)Nc3cccc(Cl)c3C)cc(NC(=O)c3ccccc3C(F)(F)F)cc2[nH]1.Cl. The third kappa shape index (κ3) is 6.89. The van der Waals surface area contributed by atoms with Gasteiger partial charge in [0.2, 0.25) is 0 Å². The third-order valence-electron chi connectivity index (χ3n) is 5.82. The maximum Gasteiger partial charge on any atom is 0.417 e. The van der Waals surface area contributed by atoms with Crippen molar-refractivity contribution >= 4 is 58.2 Å². The van der Waals surface area contributed by atoms with Crippen LogP contribution in [0.25, 0.3) is 11.0 Å². The summed E-state index contributed by atoms with van der Waals surface area (Å²) in [7, 11) is 0. The van der Waals surface area contributed by atoms with E-state index in [0.29, 0.717) is 52.8 Å². The van der Waals surface area contributed by atoms with Crippen molar-refractivity contribution in [3.8, 4) is 0 Å². The maximum absolute atomic E-state index is 13.5. The largest absolute Gasteiger partial charge is 0.417 e. The van der Waals surface area contributed by atoms with Gasteiger partial charge in [-0.1, -0.05) is 29.8 Å². The number of carbonyl (C=O) groups is 2. The molecule has 3 N–H and O–H groups in total. The number of carbonyl (C=O) groups excluding carboxylic acids is 2. The Balaban J connectivity index is 0.00000420. The molecule has 1 heterocycles. The second-order valence-corrected chi connectivity index (χ2v) is 8.82. The summed E-state index contributed by atoms with van der Waals surface area (Å²) in [6.45, 7) is 4.55. The van der Waals surface area contributed by atoms with E-state index >= 15 is 0 Å². The molecule has 0 saturated heterocycles. The maximum atomic E-state index is 13.5. The molecule has 0 aliphatic rings. The van der Waals surface area contributed by atoms with Crippen molar-refractivity contribution < 1.29 is 27.5 Å². The first kappa shape index (κ1) is 29.9. The minimum atomic E-state index is -4.71. The molecule has 0 aliphatic heterocycles. The molecular weight excluding hydrogens is 556 g/mol. The summed E-state index contributed by atoms with van der Waals surface area (Å²) in [5.41, 5.74) is 0.527. The molecule has 0 radical (unpaired) electrons. The fourth-order valence-electron chi connectivity index (χ4n) is 3.90. The fourth-order valence-corrected chi connectivity index (χ4v) is 4.08. The molecule has 39 heavy (non-hydrogen) atoms. The van der Waals surface area contributed by atoms with Crippen molar-refractivity contribution in [2.24, 2.45) is 0 Å². The van der Waals surface area contributed by atoms with Crippen LogP contribution in [0.5, 0.6) is 0 Å². The lowest BCUT2D eigenvalue weighted by Crippen LogP contribution is -2.19. The molecule has 0 aliphatic carbocycles. The van der Waals surface area contributed by atoms with Gasteiger partial charge in [0.25, 0.3) is 11.8 Å². The van der Waals surface area contributed by atoms with Gasteiger partial charge in [-0.2, -0.15) is 13.2 Å². The highest BCUT2D eigenvalue weighted by Crippen LogP contribution is 2.33. The highest BCUT2D eigenvalue weighted by atomic mass is 35.5. The van der Waals surface area contributed by atoms with Gasteiger partial charge in [0.1, 0.15) is 11.3 Å². The van der Waals surface area contributed by atoms with E-state index < -0.39 is 29.1 Å². The zero-order valence-electron chi connectivity index (χ0n) is 20.9. The molecule has 0 spiro atoms. The van der Waals surface area contributed by atoms with E-state index in [1.54, 1.807) is 25.1 Å². The number of hydrogen-bond acceptors (Lipinski definition) is 4. The van der Waals surface area contributed by atoms with Gasteiger partial charge in [-0.15, -0.1) is 12.4 Å². The lowest BCUT2D eigenvalue weighted by molar-refractivity contribution is -0.137. The van der Waals surface area contributed by atoms with E-state index in [9.17, 15) is 22.8 Å². The lowest BCUT2D eigenvalue weighted by Gasteiger charge is -2.14. The minimum absolute atomic E-state index is 0. The number of aromatic nitrogens is 2. The number of imidazole rings is 1. The molecule has 1 aromatic heterocycles. The molecule has 0 atom stereocenters. The molecule has 4 rings (SSSR count). The van der Waals surface area contributed by atoms with Crippen LogP contribution in [0, 0.1) is 6.92 Å². The molecule has 12 heteroatoms. The first-order chi connectivity index (χ1) is 18.1.